The fraction of sp³-hybridized carbons (Fsp3) is 0.526. The highest BCUT2D eigenvalue weighted by molar-refractivity contribution is 5.76. The summed E-state index contributed by atoms with van der Waals surface area (Å²) < 4.78 is 1.72. The first-order valence-corrected chi connectivity index (χ1v) is 9.61. The summed E-state index contributed by atoms with van der Waals surface area (Å²) in [4.78, 5) is 20.9. The molecule has 27 heavy (non-hydrogen) atoms. The highest BCUT2D eigenvalue weighted by Gasteiger charge is 2.17. The number of hydrogen-bond acceptors (Lipinski definition) is 5. The van der Waals surface area contributed by atoms with Gasteiger partial charge in [-0.2, -0.15) is 15.2 Å². The predicted octanol–water partition coefficient (Wildman–Crippen LogP) is 1.63. The van der Waals surface area contributed by atoms with Crippen LogP contribution in [0.4, 0.5) is 0 Å². The second-order valence-corrected chi connectivity index (χ2v) is 7.17. The summed E-state index contributed by atoms with van der Waals surface area (Å²) in [6.45, 7) is 4.56. The molecule has 0 unspecified atom stereocenters. The Morgan fingerprint density at radius 1 is 1.26 bits per heavy atom. The summed E-state index contributed by atoms with van der Waals surface area (Å²) in [6, 6.07) is 0. The van der Waals surface area contributed by atoms with E-state index in [9.17, 15) is 4.79 Å². The van der Waals surface area contributed by atoms with E-state index in [4.69, 9.17) is 0 Å². The van der Waals surface area contributed by atoms with Gasteiger partial charge in [-0.1, -0.05) is 0 Å². The van der Waals surface area contributed by atoms with Crippen LogP contribution in [-0.2, 0) is 30.5 Å². The number of H-pyrrole nitrogens is 1. The number of nitrogens with zero attached hydrogens (tertiary/aromatic N) is 5. The van der Waals surface area contributed by atoms with Crippen molar-refractivity contribution in [2.45, 2.75) is 58.8 Å². The van der Waals surface area contributed by atoms with Crippen molar-refractivity contribution in [3.63, 3.8) is 0 Å². The lowest BCUT2D eigenvalue weighted by molar-refractivity contribution is -0.121. The summed E-state index contributed by atoms with van der Waals surface area (Å²) in [6.07, 6.45) is 8.02. The van der Waals surface area contributed by atoms with E-state index >= 15 is 0 Å². The molecule has 3 aromatic rings. The normalized spacial score (nSPS) is 13.7. The van der Waals surface area contributed by atoms with Crippen LogP contribution >= 0.6 is 0 Å². The number of amides is 1. The average Bonchev–Trinajstić information content (AvgIpc) is 3.29. The number of aromatic nitrogens is 6. The van der Waals surface area contributed by atoms with Gasteiger partial charge >= 0.3 is 0 Å². The Morgan fingerprint density at radius 3 is 3.00 bits per heavy atom. The largest absolute Gasteiger partial charge is 0.356 e. The molecule has 0 saturated heterocycles. The zero-order chi connectivity index (χ0) is 18.8. The molecule has 0 aromatic carbocycles. The molecule has 1 aliphatic rings. The molecule has 0 saturated carbocycles. The molecule has 0 aliphatic heterocycles. The summed E-state index contributed by atoms with van der Waals surface area (Å²) in [5.41, 5.74) is 6.72. The molecular formula is C19H25N7O. The highest BCUT2D eigenvalue weighted by atomic mass is 16.1. The fourth-order valence-corrected chi connectivity index (χ4v) is 3.92. The molecule has 8 heteroatoms. The van der Waals surface area contributed by atoms with E-state index in [2.05, 4.69) is 30.6 Å². The smallest absolute Gasteiger partial charge is 0.252 e. The van der Waals surface area contributed by atoms with E-state index in [1.54, 1.807) is 4.52 Å². The maximum absolute atomic E-state index is 12.3. The SMILES string of the molecule is Cc1nc2ncnn2c(C)c1CCC(=O)NCCc1n[nH]c2c1CCCC2. The Balaban J connectivity index is 1.31. The van der Waals surface area contributed by atoms with E-state index in [0.29, 0.717) is 25.2 Å². The lowest BCUT2D eigenvalue weighted by Crippen LogP contribution is -2.26. The van der Waals surface area contributed by atoms with Gasteiger partial charge in [0.2, 0.25) is 5.91 Å². The number of carbonyl (C=O) groups excluding carboxylic acids is 1. The number of rotatable bonds is 6. The minimum absolute atomic E-state index is 0.0527. The van der Waals surface area contributed by atoms with Gasteiger partial charge in [-0.25, -0.2) is 9.50 Å². The van der Waals surface area contributed by atoms with Gasteiger partial charge in [-0.3, -0.25) is 9.89 Å². The number of hydrogen-bond donors (Lipinski definition) is 2. The van der Waals surface area contributed by atoms with Crippen LogP contribution in [0.2, 0.25) is 0 Å². The van der Waals surface area contributed by atoms with Crippen LogP contribution in [-0.4, -0.2) is 42.2 Å². The molecule has 0 radical (unpaired) electrons. The molecule has 0 atom stereocenters. The van der Waals surface area contributed by atoms with Gasteiger partial charge in [-0.15, -0.1) is 0 Å². The molecule has 4 rings (SSSR count). The van der Waals surface area contributed by atoms with Gasteiger partial charge in [0.25, 0.3) is 5.78 Å². The van der Waals surface area contributed by atoms with Crippen molar-refractivity contribution < 1.29 is 4.79 Å². The third kappa shape index (κ3) is 3.56. The monoisotopic (exact) mass is 367 g/mol. The van der Waals surface area contributed by atoms with Crippen molar-refractivity contribution >= 4 is 11.7 Å². The number of carbonyl (C=O) groups is 1. The maximum Gasteiger partial charge on any atom is 0.252 e. The van der Waals surface area contributed by atoms with E-state index in [-0.39, 0.29) is 5.91 Å². The van der Waals surface area contributed by atoms with Gasteiger partial charge in [0, 0.05) is 36.5 Å². The molecule has 3 aromatic heterocycles. The van der Waals surface area contributed by atoms with Crippen LogP contribution in [0.25, 0.3) is 5.78 Å². The molecule has 0 spiro atoms. The number of fused-ring (bicyclic) bond motifs is 2. The van der Waals surface area contributed by atoms with Gasteiger partial charge in [0.1, 0.15) is 6.33 Å². The van der Waals surface area contributed by atoms with Gasteiger partial charge in [0.15, 0.2) is 0 Å². The Hall–Kier alpha value is -2.77. The summed E-state index contributed by atoms with van der Waals surface area (Å²) in [5.74, 6) is 0.650. The molecule has 0 fully saturated rings. The fourth-order valence-electron chi connectivity index (χ4n) is 3.92. The van der Waals surface area contributed by atoms with Crippen LogP contribution in [0.15, 0.2) is 6.33 Å². The zero-order valence-electron chi connectivity index (χ0n) is 15.9. The Kier molecular flexibility index (Phi) is 4.87. The van der Waals surface area contributed by atoms with E-state index in [1.807, 2.05) is 13.8 Å². The molecule has 8 nitrogen and oxygen atoms in total. The van der Waals surface area contributed by atoms with Crippen molar-refractivity contribution in [3.05, 3.63) is 40.2 Å². The Bertz CT molecular complexity index is 972. The zero-order valence-corrected chi connectivity index (χ0v) is 15.9. The second-order valence-electron chi connectivity index (χ2n) is 7.17. The topological polar surface area (TPSA) is 101 Å². The molecule has 142 valence electrons. The lowest BCUT2D eigenvalue weighted by atomic mass is 9.95. The molecule has 0 bridgehead atoms. The summed E-state index contributed by atoms with van der Waals surface area (Å²) in [7, 11) is 0. The molecule has 1 amide bonds. The van der Waals surface area contributed by atoms with E-state index in [0.717, 1.165) is 41.9 Å². The first kappa shape index (κ1) is 17.6. The number of aryl methyl sites for hydroxylation is 3. The van der Waals surface area contributed by atoms with Crippen molar-refractivity contribution in [1.29, 1.82) is 0 Å². The van der Waals surface area contributed by atoms with E-state index < -0.39 is 0 Å². The Morgan fingerprint density at radius 2 is 2.11 bits per heavy atom. The number of nitrogens with one attached hydrogen (secondary N) is 2. The standard InChI is InChI=1S/C19H25N7O/c1-12-14(13(2)26-19(23-12)21-11-22-26)7-8-18(27)20-10-9-17-15-5-3-4-6-16(15)24-25-17/h11H,3-10H2,1-2H3,(H,20,27)(H,24,25). The highest BCUT2D eigenvalue weighted by Crippen LogP contribution is 2.22. The van der Waals surface area contributed by atoms with Crippen molar-refractivity contribution in [1.82, 2.24) is 35.1 Å². The van der Waals surface area contributed by atoms with Crippen LogP contribution in [0.5, 0.6) is 0 Å². The first-order chi connectivity index (χ1) is 13.1. The third-order valence-corrected chi connectivity index (χ3v) is 5.42. The quantitative estimate of drug-likeness (QED) is 0.690. The summed E-state index contributed by atoms with van der Waals surface area (Å²) >= 11 is 0. The van der Waals surface area contributed by atoms with Crippen LogP contribution < -0.4 is 5.32 Å². The molecular weight excluding hydrogens is 342 g/mol. The van der Waals surface area contributed by atoms with Crippen LogP contribution in [0, 0.1) is 13.8 Å². The summed E-state index contributed by atoms with van der Waals surface area (Å²) in [5, 5.41) is 14.8. The van der Waals surface area contributed by atoms with Gasteiger partial charge < -0.3 is 5.32 Å². The first-order valence-electron chi connectivity index (χ1n) is 9.61. The van der Waals surface area contributed by atoms with Gasteiger partial charge in [-0.05, 0) is 57.1 Å². The minimum atomic E-state index is 0.0527. The average molecular weight is 367 g/mol. The predicted molar refractivity (Wildman–Crippen MR) is 101 cm³/mol. The Labute approximate surface area is 157 Å². The lowest BCUT2D eigenvalue weighted by Gasteiger charge is -2.12. The van der Waals surface area contributed by atoms with Crippen molar-refractivity contribution in [2.75, 3.05) is 6.54 Å². The maximum atomic E-state index is 12.3. The molecule has 1 aliphatic carbocycles. The second kappa shape index (κ2) is 7.46. The van der Waals surface area contributed by atoms with Crippen LogP contribution in [0.3, 0.4) is 0 Å². The van der Waals surface area contributed by atoms with Gasteiger partial charge in [0.05, 0.1) is 5.69 Å². The minimum Gasteiger partial charge on any atom is -0.356 e. The molecule has 2 N–H and O–H groups in total. The molecule has 3 heterocycles. The third-order valence-electron chi connectivity index (χ3n) is 5.42. The van der Waals surface area contributed by atoms with E-state index in [1.165, 1.54) is 30.4 Å². The van der Waals surface area contributed by atoms with Crippen molar-refractivity contribution in [3.8, 4) is 0 Å². The van der Waals surface area contributed by atoms with Crippen LogP contribution in [0.1, 0.15) is 53.2 Å². The van der Waals surface area contributed by atoms with Crippen molar-refractivity contribution in [2.24, 2.45) is 0 Å². The number of aromatic amines is 1.